The van der Waals surface area contributed by atoms with Crippen LogP contribution in [0.4, 0.5) is 0 Å². The minimum Gasteiger partial charge on any atom is -0.312 e. The van der Waals surface area contributed by atoms with Crippen LogP contribution in [0.2, 0.25) is 0 Å². The van der Waals surface area contributed by atoms with Crippen molar-refractivity contribution in [1.82, 2.24) is 10.3 Å². The normalized spacial score (nSPS) is 44.0. The molecule has 1 unspecified atom stereocenters. The van der Waals surface area contributed by atoms with Crippen LogP contribution in [0, 0.1) is 17.8 Å². The van der Waals surface area contributed by atoms with Crippen molar-refractivity contribution in [3.63, 3.8) is 0 Å². The third-order valence-corrected chi connectivity index (χ3v) is 8.17. The molecular formula is C18H26N2S. The van der Waals surface area contributed by atoms with Gasteiger partial charge in [0.25, 0.3) is 0 Å². The molecule has 2 nitrogen and oxygen atoms in total. The Kier molecular flexibility index (Phi) is 2.83. The fraction of sp³-hybridized carbons (Fsp3) is 0.833. The van der Waals surface area contributed by atoms with E-state index in [1.165, 1.54) is 68.5 Å². The first-order valence-corrected chi connectivity index (χ1v) is 9.75. The van der Waals surface area contributed by atoms with Crippen LogP contribution in [-0.4, -0.2) is 12.0 Å². The number of aromatic nitrogens is 1. The molecule has 1 aromatic heterocycles. The molecule has 114 valence electrons. The van der Waals surface area contributed by atoms with E-state index >= 15 is 0 Å². The predicted molar refractivity (Wildman–Crippen MR) is 86.7 cm³/mol. The van der Waals surface area contributed by atoms with Gasteiger partial charge in [-0.3, -0.25) is 0 Å². The van der Waals surface area contributed by atoms with Crippen molar-refractivity contribution >= 4 is 11.3 Å². The van der Waals surface area contributed by atoms with Crippen molar-refractivity contribution < 1.29 is 0 Å². The molecule has 5 aliphatic carbocycles. The standard InChI is InChI=1S/C18H26N2S/c1-19-14-3-2-4-15-16(14)20-17(21-15)18-8-11-5-12(9-18)7-13(6-11)10-18/h11-14,19H,2-10H2,1H3. The van der Waals surface area contributed by atoms with E-state index in [4.69, 9.17) is 4.98 Å². The Morgan fingerprint density at radius 3 is 2.38 bits per heavy atom. The molecule has 0 spiro atoms. The Labute approximate surface area is 131 Å². The molecule has 3 heteroatoms. The number of nitrogens with one attached hydrogen (secondary N) is 1. The van der Waals surface area contributed by atoms with Gasteiger partial charge in [0.2, 0.25) is 0 Å². The number of fused-ring (bicyclic) bond motifs is 1. The van der Waals surface area contributed by atoms with Gasteiger partial charge in [-0.25, -0.2) is 4.98 Å². The monoisotopic (exact) mass is 302 g/mol. The van der Waals surface area contributed by atoms with Crippen LogP contribution in [0.5, 0.6) is 0 Å². The second-order valence-electron chi connectivity index (χ2n) is 8.26. The van der Waals surface area contributed by atoms with Gasteiger partial charge >= 0.3 is 0 Å². The van der Waals surface area contributed by atoms with Crippen LogP contribution in [0.1, 0.15) is 73.0 Å². The molecule has 1 N–H and O–H groups in total. The van der Waals surface area contributed by atoms with Gasteiger partial charge in [0, 0.05) is 10.3 Å². The van der Waals surface area contributed by atoms with Gasteiger partial charge in [0.05, 0.1) is 16.7 Å². The van der Waals surface area contributed by atoms with Crippen molar-refractivity contribution in [2.24, 2.45) is 17.8 Å². The Morgan fingerprint density at radius 1 is 1.10 bits per heavy atom. The van der Waals surface area contributed by atoms with E-state index in [9.17, 15) is 0 Å². The number of rotatable bonds is 2. The number of hydrogen-bond acceptors (Lipinski definition) is 3. The molecule has 1 atom stereocenters. The fourth-order valence-electron chi connectivity index (χ4n) is 6.30. The van der Waals surface area contributed by atoms with Gasteiger partial charge < -0.3 is 5.32 Å². The maximum Gasteiger partial charge on any atom is 0.0993 e. The maximum absolute atomic E-state index is 5.25. The molecule has 21 heavy (non-hydrogen) atoms. The second kappa shape index (κ2) is 4.55. The smallest absolute Gasteiger partial charge is 0.0993 e. The first-order valence-electron chi connectivity index (χ1n) is 8.93. The van der Waals surface area contributed by atoms with Gasteiger partial charge in [-0.1, -0.05) is 0 Å². The van der Waals surface area contributed by atoms with E-state index in [-0.39, 0.29) is 0 Å². The van der Waals surface area contributed by atoms with Gasteiger partial charge in [0.1, 0.15) is 0 Å². The van der Waals surface area contributed by atoms with Crippen molar-refractivity contribution in [1.29, 1.82) is 0 Å². The summed E-state index contributed by atoms with van der Waals surface area (Å²) in [4.78, 5) is 6.85. The lowest BCUT2D eigenvalue weighted by atomic mass is 9.50. The lowest BCUT2D eigenvalue weighted by molar-refractivity contribution is -0.00536. The topological polar surface area (TPSA) is 24.9 Å². The van der Waals surface area contributed by atoms with E-state index in [1.807, 2.05) is 0 Å². The highest BCUT2D eigenvalue weighted by atomic mass is 32.1. The summed E-state index contributed by atoms with van der Waals surface area (Å²) in [6.45, 7) is 0. The minimum absolute atomic E-state index is 0.495. The molecule has 1 aromatic rings. The highest BCUT2D eigenvalue weighted by Gasteiger charge is 2.53. The molecule has 1 heterocycles. The van der Waals surface area contributed by atoms with Crippen LogP contribution >= 0.6 is 11.3 Å². The van der Waals surface area contributed by atoms with E-state index in [0.717, 1.165) is 17.8 Å². The Hall–Kier alpha value is -0.410. The van der Waals surface area contributed by atoms with Gasteiger partial charge in [-0.2, -0.15) is 0 Å². The molecule has 6 rings (SSSR count). The number of aryl methyl sites for hydroxylation is 1. The summed E-state index contributed by atoms with van der Waals surface area (Å²) in [6.07, 6.45) is 12.8. The predicted octanol–water partition coefficient (Wildman–Crippen LogP) is 4.21. The summed E-state index contributed by atoms with van der Waals surface area (Å²) in [7, 11) is 2.10. The van der Waals surface area contributed by atoms with Crippen LogP contribution in [0.15, 0.2) is 0 Å². The fourth-order valence-corrected chi connectivity index (χ4v) is 7.68. The van der Waals surface area contributed by atoms with Crippen LogP contribution in [-0.2, 0) is 11.8 Å². The summed E-state index contributed by atoms with van der Waals surface area (Å²) in [5.41, 5.74) is 1.91. The van der Waals surface area contributed by atoms with E-state index in [2.05, 4.69) is 23.7 Å². The highest BCUT2D eigenvalue weighted by molar-refractivity contribution is 7.12. The van der Waals surface area contributed by atoms with Gasteiger partial charge in [-0.05, 0) is 82.6 Å². The minimum atomic E-state index is 0.495. The number of hydrogen-bond donors (Lipinski definition) is 1. The third-order valence-electron chi connectivity index (χ3n) is 6.79. The van der Waals surface area contributed by atoms with Crippen molar-refractivity contribution in [3.8, 4) is 0 Å². The highest BCUT2D eigenvalue weighted by Crippen LogP contribution is 2.61. The quantitative estimate of drug-likeness (QED) is 0.885. The Balaban J connectivity index is 1.54. The number of nitrogens with zero attached hydrogens (tertiary/aromatic N) is 1. The summed E-state index contributed by atoms with van der Waals surface area (Å²) in [6, 6.07) is 0.521. The third kappa shape index (κ3) is 1.89. The first-order chi connectivity index (χ1) is 10.3. The zero-order valence-corrected chi connectivity index (χ0v) is 13.8. The Morgan fingerprint density at radius 2 is 1.76 bits per heavy atom. The largest absolute Gasteiger partial charge is 0.312 e. The van der Waals surface area contributed by atoms with Gasteiger partial charge in [-0.15, -0.1) is 11.3 Å². The lowest BCUT2D eigenvalue weighted by Gasteiger charge is -2.56. The van der Waals surface area contributed by atoms with Crippen LogP contribution < -0.4 is 5.32 Å². The summed E-state index contributed by atoms with van der Waals surface area (Å²) < 4.78 is 0. The molecule has 0 radical (unpaired) electrons. The van der Waals surface area contributed by atoms with Crippen LogP contribution in [0.3, 0.4) is 0 Å². The average molecular weight is 302 g/mol. The van der Waals surface area contributed by atoms with Gasteiger partial charge in [0.15, 0.2) is 0 Å². The SMILES string of the molecule is CNC1CCCc2sc(C34CC5CC(CC(C5)C3)C4)nc21. The van der Waals surface area contributed by atoms with E-state index in [1.54, 1.807) is 4.88 Å². The lowest BCUT2D eigenvalue weighted by Crippen LogP contribution is -2.48. The maximum atomic E-state index is 5.25. The summed E-state index contributed by atoms with van der Waals surface area (Å²) >= 11 is 2.09. The summed E-state index contributed by atoms with van der Waals surface area (Å²) in [5, 5.41) is 5.03. The second-order valence-corrected chi connectivity index (χ2v) is 9.34. The Bertz CT molecular complexity index is 526. The molecular weight excluding hydrogens is 276 g/mol. The van der Waals surface area contributed by atoms with E-state index < -0.39 is 0 Å². The molecule has 0 saturated heterocycles. The zero-order valence-electron chi connectivity index (χ0n) is 13.0. The summed E-state index contributed by atoms with van der Waals surface area (Å²) in [5.74, 6) is 3.08. The average Bonchev–Trinajstić information content (AvgIpc) is 2.90. The van der Waals surface area contributed by atoms with Crippen molar-refractivity contribution in [3.05, 3.63) is 15.6 Å². The molecule has 4 saturated carbocycles. The van der Waals surface area contributed by atoms with Crippen molar-refractivity contribution in [2.45, 2.75) is 69.2 Å². The first kappa shape index (κ1) is 13.1. The molecule has 0 aromatic carbocycles. The molecule has 4 bridgehead atoms. The van der Waals surface area contributed by atoms with Crippen molar-refractivity contribution in [2.75, 3.05) is 7.05 Å². The van der Waals surface area contributed by atoms with Crippen LogP contribution in [0.25, 0.3) is 0 Å². The number of thiazole rings is 1. The molecule has 0 amide bonds. The molecule has 4 fully saturated rings. The molecule has 0 aliphatic heterocycles. The van der Waals surface area contributed by atoms with E-state index in [0.29, 0.717) is 11.5 Å². The molecule has 5 aliphatic rings. The zero-order chi connectivity index (χ0) is 14.0.